The van der Waals surface area contributed by atoms with Crippen LogP contribution in [0.25, 0.3) is 0 Å². The zero-order chi connectivity index (χ0) is 21.5. The van der Waals surface area contributed by atoms with Crippen molar-refractivity contribution in [1.82, 2.24) is 0 Å². The first kappa shape index (κ1) is 27.3. The first-order valence-corrected chi connectivity index (χ1v) is 13.8. The van der Waals surface area contributed by atoms with Crippen molar-refractivity contribution in [2.45, 2.75) is 155 Å². The van der Waals surface area contributed by atoms with Crippen molar-refractivity contribution in [2.24, 2.45) is 0 Å². The van der Waals surface area contributed by atoms with E-state index in [4.69, 9.17) is 0 Å². The summed E-state index contributed by atoms with van der Waals surface area (Å²) in [6.45, 7) is 4.59. The van der Waals surface area contributed by atoms with Crippen LogP contribution in [0.1, 0.15) is 153 Å². The van der Waals surface area contributed by atoms with Gasteiger partial charge in [0.1, 0.15) is 0 Å². The van der Waals surface area contributed by atoms with Gasteiger partial charge in [0.25, 0.3) is 0 Å². The Hall–Kier alpha value is -0.780. The molecule has 0 saturated heterocycles. The van der Waals surface area contributed by atoms with Crippen molar-refractivity contribution in [3.05, 3.63) is 35.4 Å². The van der Waals surface area contributed by atoms with E-state index >= 15 is 0 Å². The van der Waals surface area contributed by atoms with Gasteiger partial charge in [-0.1, -0.05) is 142 Å². The summed E-state index contributed by atoms with van der Waals surface area (Å²) in [5, 5.41) is 0. The van der Waals surface area contributed by atoms with Crippen molar-refractivity contribution >= 4 is 0 Å². The number of hydrogen-bond donors (Lipinski definition) is 0. The summed E-state index contributed by atoms with van der Waals surface area (Å²) in [5.41, 5.74) is 2.72. The quantitative estimate of drug-likeness (QED) is 0.166. The Morgan fingerprint density at radius 3 is 0.933 bits per heavy atom. The van der Waals surface area contributed by atoms with Crippen LogP contribution in [-0.4, -0.2) is 0 Å². The maximum atomic E-state index is 3.52. The monoisotopic (exact) mass is 412 g/mol. The average molecular weight is 413 g/mol. The van der Waals surface area contributed by atoms with Gasteiger partial charge in [0.05, 0.1) is 0 Å². The summed E-state index contributed by atoms with van der Waals surface area (Å²) in [7, 11) is 0. The topological polar surface area (TPSA) is 0 Å². The predicted octanol–water partition coefficient (Wildman–Crippen LogP) is 10.2. The number of benzene rings is 1. The van der Waals surface area contributed by atoms with E-state index in [-0.39, 0.29) is 0 Å². The summed E-state index contributed by atoms with van der Waals surface area (Å²) in [6, 6.07) is 11.5. The van der Waals surface area contributed by atoms with Crippen LogP contribution in [0.15, 0.2) is 12.1 Å². The van der Waals surface area contributed by atoms with Crippen molar-refractivity contribution in [3.8, 4) is 0 Å². The summed E-state index contributed by atoms with van der Waals surface area (Å²) < 4.78 is 0. The van der Waals surface area contributed by atoms with Crippen LogP contribution in [0.3, 0.4) is 0 Å². The van der Waals surface area contributed by atoms with Crippen LogP contribution in [-0.2, 0) is 12.8 Å². The normalized spacial score (nSPS) is 11.3. The highest BCUT2D eigenvalue weighted by Crippen LogP contribution is 2.15. The highest BCUT2D eigenvalue weighted by Gasteiger charge is 1.99. The molecule has 0 atom stereocenters. The number of rotatable bonds is 22. The van der Waals surface area contributed by atoms with E-state index in [1.54, 1.807) is 0 Å². The number of aryl methyl sites for hydroxylation is 2. The van der Waals surface area contributed by atoms with E-state index in [1.807, 2.05) is 0 Å². The Morgan fingerprint density at radius 2 is 0.667 bits per heavy atom. The molecule has 0 aliphatic heterocycles. The van der Waals surface area contributed by atoms with Crippen LogP contribution in [0, 0.1) is 12.1 Å². The van der Waals surface area contributed by atoms with E-state index < -0.39 is 0 Å². The second-order valence-corrected chi connectivity index (χ2v) is 9.49. The van der Waals surface area contributed by atoms with Crippen molar-refractivity contribution < 1.29 is 0 Å². The van der Waals surface area contributed by atoms with Crippen LogP contribution in [0.4, 0.5) is 0 Å². The second kappa shape index (κ2) is 21.5. The standard InChI is InChI=1S/C30H52/c1-3-5-7-9-11-13-15-17-19-21-23-29-25-27-30(28-26-29)24-22-20-18-16-14-12-10-8-6-4-2/h25,28H,3-24H2,1-2H3. The average Bonchev–Trinajstić information content (AvgIpc) is 2.77. The molecule has 0 amide bonds. The number of hydrogen-bond acceptors (Lipinski definition) is 0. The molecule has 0 N–H and O–H groups in total. The molecular formula is C30H52. The Balaban J connectivity index is 1.92. The van der Waals surface area contributed by atoms with E-state index in [1.165, 1.54) is 152 Å². The maximum Gasteiger partial charge on any atom is -0.0146 e. The molecule has 0 nitrogen and oxygen atoms in total. The van der Waals surface area contributed by atoms with E-state index in [0.29, 0.717) is 0 Å². The lowest BCUT2D eigenvalue weighted by atomic mass is 10.0. The third kappa shape index (κ3) is 17.0. The minimum Gasteiger partial charge on any atom is -0.0654 e. The number of unbranched alkanes of at least 4 members (excludes halogenated alkanes) is 18. The van der Waals surface area contributed by atoms with Crippen LogP contribution in [0.2, 0.25) is 0 Å². The summed E-state index contributed by atoms with van der Waals surface area (Å²) in [6.07, 6.45) is 30.6. The largest absolute Gasteiger partial charge is 0.0654 e. The third-order valence-corrected chi connectivity index (χ3v) is 6.46. The smallest absolute Gasteiger partial charge is 0.0146 e. The fourth-order valence-electron chi connectivity index (χ4n) is 4.34. The fraction of sp³-hybridized carbons (Fsp3) is 0.800. The SMILES string of the molecule is CCCCCCCCCCCCc1[c]cc(CCCCCCCCCCCC)[c]c1. The molecule has 30 heavy (non-hydrogen) atoms. The molecule has 0 fully saturated rings. The minimum absolute atomic E-state index is 1.19. The fourth-order valence-corrected chi connectivity index (χ4v) is 4.34. The van der Waals surface area contributed by atoms with Crippen LogP contribution >= 0.6 is 0 Å². The molecular weight excluding hydrogens is 360 g/mol. The van der Waals surface area contributed by atoms with Gasteiger partial charge in [0.2, 0.25) is 0 Å². The summed E-state index contributed by atoms with van der Waals surface area (Å²) >= 11 is 0. The molecule has 0 aromatic heterocycles. The molecule has 0 spiro atoms. The van der Waals surface area contributed by atoms with E-state index in [9.17, 15) is 0 Å². The molecule has 1 aromatic rings. The molecule has 1 rings (SSSR count). The van der Waals surface area contributed by atoms with Gasteiger partial charge in [0.15, 0.2) is 0 Å². The lowest BCUT2D eigenvalue weighted by Crippen LogP contribution is -1.91. The van der Waals surface area contributed by atoms with Gasteiger partial charge in [0, 0.05) is 0 Å². The Labute approximate surface area is 190 Å². The lowest BCUT2D eigenvalue weighted by Gasteiger charge is -2.05. The van der Waals surface area contributed by atoms with Gasteiger partial charge in [-0.2, -0.15) is 0 Å². The highest BCUT2D eigenvalue weighted by molar-refractivity contribution is 5.20. The molecule has 0 bridgehead atoms. The molecule has 0 heterocycles. The van der Waals surface area contributed by atoms with Crippen molar-refractivity contribution in [2.75, 3.05) is 0 Å². The molecule has 0 saturated carbocycles. The van der Waals surface area contributed by atoms with Gasteiger partial charge in [-0.15, -0.1) is 0 Å². The van der Waals surface area contributed by atoms with Crippen molar-refractivity contribution in [1.29, 1.82) is 0 Å². The summed E-state index contributed by atoms with van der Waals surface area (Å²) in [5.74, 6) is 0. The molecule has 1 aromatic carbocycles. The first-order chi connectivity index (χ1) is 14.9. The van der Waals surface area contributed by atoms with E-state index in [2.05, 4.69) is 38.1 Å². The molecule has 0 aliphatic carbocycles. The van der Waals surface area contributed by atoms with Gasteiger partial charge in [-0.05, 0) is 48.9 Å². The second-order valence-electron chi connectivity index (χ2n) is 9.49. The van der Waals surface area contributed by atoms with Gasteiger partial charge in [-0.25, -0.2) is 0 Å². The molecule has 2 radical (unpaired) electrons. The Morgan fingerprint density at radius 1 is 0.400 bits per heavy atom. The predicted molar refractivity (Wildman–Crippen MR) is 135 cm³/mol. The first-order valence-electron chi connectivity index (χ1n) is 13.8. The van der Waals surface area contributed by atoms with Gasteiger partial charge < -0.3 is 0 Å². The minimum atomic E-state index is 1.19. The van der Waals surface area contributed by atoms with Gasteiger partial charge >= 0.3 is 0 Å². The lowest BCUT2D eigenvalue weighted by molar-refractivity contribution is 0.555. The molecule has 0 unspecified atom stereocenters. The highest BCUT2D eigenvalue weighted by atomic mass is 14.0. The molecule has 172 valence electrons. The zero-order valence-corrected chi connectivity index (χ0v) is 20.7. The molecule has 0 aliphatic rings. The van der Waals surface area contributed by atoms with Crippen molar-refractivity contribution in [3.63, 3.8) is 0 Å². The van der Waals surface area contributed by atoms with E-state index in [0.717, 1.165) is 0 Å². The maximum absolute atomic E-state index is 3.52. The summed E-state index contributed by atoms with van der Waals surface area (Å²) in [4.78, 5) is 0. The Kier molecular flexibility index (Phi) is 19.5. The molecule has 0 heteroatoms. The van der Waals surface area contributed by atoms with Gasteiger partial charge in [-0.3, -0.25) is 0 Å². The van der Waals surface area contributed by atoms with Crippen LogP contribution in [0.5, 0.6) is 0 Å². The van der Waals surface area contributed by atoms with Crippen LogP contribution < -0.4 is 0 Å². The zero-order valence-electron chi connectivity index (χ0n) is 20.7. The Bertz CT molecular complexity index is 401. The third-order valence-electron chi connectivity index (χ3n) is 6.46.